The van der Waals surface area contributed by atoms with Crippen LogP contribution in [-0.4, -0.2) is 17.1 Å². The third-order valence-corrected chi connectivity index (χ3v) is 3.51. The van der Waals surface area contributed by atoms with Gasteiger partial charge in [-0.15, -0.1) is 0 Å². The fraction of sp³-hybridized carbons (Fsp3) is 0.562. The van der Waals surface area contributed by atoms with Crippen LogP contribution in [0.5, 0.6) is 0 Å². The van der Waals surface area contributed by atoms with Crippen molar-refractivity contribution >= 4 is 5.97 Å². The highest BCUT2D eigenvalue weighted by molar-refractivity contribution is 5.73. The number of carboxylic acids is 1. The fourth-order valence-electron chi connectivity index (χ4n) is 2.20. The van der Waals surface area contributed by atoms with Crippen molar-refractivity contribution in [2.45, 2.75) is 52.6 Å². The van der Waals surface area contributed by atoms with E-state index in [1.807, 2.05) is 13.8 Å². The SMILES string of the molecule is CCc1ccc(C(CC)NC(C(=O)O)C(C)C)cc1. The number of nitrogens with one attached hydrogen (secondary N) is 1. The molecule has 0 amide bonds. The summed E-state index contributed by atoms with van der Waals surface area (Å²) in [5, 5.41) is 12.5. The monoisotopic (exact) mass is 263 g/mol. The Hall–Kier alpha value is -1.35. The number of hydrogen-bond acceptors (Lipinski definition) is 2. The van der Waals surface area contributed by atoms with Gasteiger partial charge in [-0.3, -0.25) is 10.1 Å². The molecule has 2 atom stereocenters. The average Bonchev–Trinajstić information content (AvgIpc) is 2.39. The second-order valence-electron chi connectivity index (χ2n) is 5.28. The number of carbonyl (C=O) groups is 1. The maximum Gasteiger partial charge on any atom is 0.320 e. The van der Waals surface area contributed by atoms with Gasteiger partial charge < -0.3 is 5.11 Å². The molecular formula is C16H25NO2. The maximum atomic E-state index is 11.3. The topological polar surface area (TPSA) is 49.3 Å². The first-order valence-electron chi connectivity index (χ1n) is 7.07. The lowest BCUT2D eigenvalue weighted by atomic mass is 9.98. The maximum absolute atomic E-state index is 11.3. The van der Waals surface area contributed by atoms with Gasteiger partial charge in [0.15, 0.2) is 0 Å². The highest BCUT2D eigenvalue weighted by atomic mass is 16.4. The predicted molar refractivity (Wildman–Crippen MR) is 78.2 cm³/mol. The number of benzene rings is 1. The van der Waals surface area contributed by atoms with E-state index in [2.05, 4.69) is 43.4 Å². The van der Waals surface area contributed by atoms with Gasteiger partial charge in [-0.25, -0.2) is 0 Å². The minimum absolute atomic E-state index is 0.0708. The minimum atomic E-state index is -0.779. The molecule has 0 aromatic heterocycles. The van der Waals surface area contributed by atoms with Gasteiger partial charge in [0, 0.05) is 6.04 Å². The molecule has 3 nitrogen and oxygen atoms in total. The van der Waals surface area contributed by atoms with Crippen molar-refractivity contribution in [1.82, 2.24) is 5.32 Å². The quantitative estimate of drug-likeness (QED) is 0.792. The Morgan fingerprint density at radius 3 is 2.16 bits per heavy atom. The van der Waals surface area contributed by atoms with E-state index in [9.17, 15) is 9.90 Å². The molecule has 0 heterocycles. The van der Waals surface area contributed by atoms with Gasteiger partial charge in [-0.05, 0) is 29.9 Å². The molecule has 1 aromatic carbocycles. The van der Waals surface area contributed by atoms with E-state index in [-0.39, 0.29) is 12.0 Å². The van der Waals surface area contributed by atoms with Gasteiger partial charge in [0.05, 0.1) is 0 Å². The summed E-state index contributed by atoms with van der Waals surface area (Å²) in [5.41, 5.74) is 2.46. The van der Waals surface area contributed by atoms with Crippen LogP contribution in [-0.2, 0) is 11.2 Å². The molecule has 0 saturated carbocycles. The van der Waals surface area contributed by atoms with Crippen molar-refractivity contribution in [2.75, 3.05) is 0 Å². The molecule has 0 aliphatic rings. The summed E-state index contributed by atoms with van der Waals surface area (Å²) < 4.78 is 0. The van der Waals surface area contributed by atoms with Crippen LogP contribution in [0.4, 0.5) is 0 Å². The standard InChI is InChI=1S/C16H25NO2/c1-5-12-7-9-13(10-8-12)14(6-2)17-15(11(3)4)16(18)19/h7-11,14-15,17H,5-6H2,1-4H3,(H,18,19). The van der Waals surface area contributed by atoms with Crippen molar-refractivity contribution in [3.8, 4) is 0 Å². The Labute approximate surface area is 116 Å². The van der Waals surface area contributed by atoms with E-state index < -0.39 is 12.0 Å². The van der Waals surface area contributed by atoms with Gasteiger partial charge in [0.25, 0.3) is 0 Å². The van der Waals surface area contributed by atoms with E-state index in [0.717, 1.165) is 18.4 Å². The molecule has 2 N–H and O–H groups in total. The molecule has 2 unspecified atom stereocenters. The van der Waals surface area contributed by atoms with Crippen LogP contribution in [0, 0.1) is 5.92 Å². The van der Waals surface area contributed by atoms with E-state index in [4.69, 9.17) is 0 Å². The second kappa shape index (κ2) is 7.29. The van der Waals surface area contributed by atoms with Crippen LogP contribution >= 0.6 is 0 Å². The lowest BCUT2D eigenvalue weighted by Gasteiger charge is -2.25. The van der Waals surface area contributed by atoms with Crippen LogP contribution in [0.25, 0.3) is 0 Å². The van der Waals surface area contributed by atoms with Crippen LogP contribution < -0.4 is 5.32 Å². The van der Waals surface area contributed by atoms with Crippen molar-refractivity contribution in [1.29, 1.82) is 0 Å². The van der Waals surface area contributed by atoms with Gasteiger partial charge in [-0.1, -0.05) is 52.0 Å². The minimum Gasteiger partial charge on any atom is -0.480 e. The summed E-state index contributed by atoms with van der Waals surface area (Å²) in [5.74, 6) is -0.708. The Morgan fingerprint density at radius 2 is 1.79 bits per heavy atom. The lowest BCUT2D eigenvalue weighted by Crippen LogP contribution is -2.42. The number of carboxylic acid groups (broad SMARTS) is 1. The molecule has 0 spiro atoms. The highest BCUT2D eigenvalue weighted by Gasteiger charge is 2.24. The Balaban J connectivity index is 2.84. The van der Waals surface area contributed by atoms with Crippen molar-refractivity contribution < 1.29 is 9.90 Å². The zero-order valence-electron chi connectivity index (χ0n) is 12.3. The average molecular weight is 263 g/mol. The van der Waals surface area contributed by atoms with Gasteiger partial charge >= 0.3 is 5.97 Å². The van der Waals surface area contributed by atoms with E-state index in [0.29, 0.717) is 0 Å². The summed E-state index contributed by atoms with van der Waals surface area (Å²) in [7, 11) is 0. The highest BCUT2D eigenvalue weighted by Crippen LogP contribution is 2.19. The molecule has 0 fully saturated rings. The molecule has 0 aliphatic carbocycles. The predicted octanol–water partition coefficient (Wildman–Crippen LogP) is 3.40. The molecule has 0 aliphatic heterocycles. The zero-order chi connectivity index (χ0) is 14.4. The third-order valence-electron chi connectivity index (χ3n) is 3.51. The molecule has 1 rings (SSSR count). The second-order valence-corrected chi connectivity index (χ2v) is 5.28. The Bertz CT molecular complexity index is 398. The molecule has 0 bridgehead atoms. The molecule has 1 aromatic rings. The first-order chi connectivity index (χ1) is 8.99. The molecule has 19 heavy (non-hydrogen) atoms. The lowest BCUT2D eigenvalue weighted by molar-refractivity contribution is -0.140. The Kier molecular flexibility index (Phi) is 6.03. The molecule has 0 saturated heterocycles. The molecule has 106 valence electrons. The van der Waals surface area contributed by atoms with E-state index in [1.54, 1.807) is 0 Å². The molecule has 0 radical (unpaired) electrons. The van der Waals surface area contributed by atoms with Gasteiger partial charge in [0.2, 0.25) is 0 Å². The van der Waals surface area contributed by atoms with E-state index in [1.165, 1.54) is 5.56 Å². The largest absolute Gasteiger partial charge is 0.480 e. The number of aliphatic carboxylic acids is 1. The summed E-state index contributed by atoms with van der Waals surface area (Å²) in [6.07, 6.45) is 1.90. The molecule has 3 heteroatoms. The summed E-state index contributed by atoms with van der Waals surface area (Å²) in [4.78, 5) is 11.3. The first-order valence-corrected chi connectivity index (χ1v) is 7.07. The van der Waals surface area contributed by atoms with Crippen molar-refractivity contribution in [3.63, 3.8) is 0 Å². The van der Waals surface area contributed by atoms with Crippen molar-refractivity contribution in [2.24, 2.45) is 5.92 Å². The Morgan fingerprint density at radius 1 is 1.21 bits per heavy atom. The fourth-order valence-corrected chi connectivity index (χ4v) is 2.20. The van der Waals surface area contributed by atoms with Crippen LogP contribution in [0.15, 0.2) is 24.3 Å². The normalized spacial score (nSPS) is 14.4. The van der Waals surface area contributed by atoms with Crippen LogP contribution in [0.2, 0.25) is 0 Å². The third kappa shape index (κ3) is 4.35. The summed E-state index contributed by atoms with van der Waals surface area (Å²) in [6, 6.07) is 8.01. The van der Waals surface area contributed by atoms with Gasteiger partial charge in [-0.2, -0.15) is 0 Å². The number of hydrogen-bond donors (Lipinski definition) is 2. The zero-order valence-corrected chi connectivity index (χ0v) is 12.3. The number of rotatable bonds is 7. The number of aryl methyl sites for hydroxylation is 1. The summed E-state index contributed by atoms with van der Waals surface area (Å²) >= 11 is 0. The smallest absolute Gasteiger partial charge is 0.320 e. The van der Waals surface area contributed by atoms with Crippen LogP contribution in [0.1, 0.15) is 51.3 Å². The molecular weight excluding hydrogens is 238 g/mol. The van der Waals surface area contributed by atoms with Crippen molar-refractivity contribution in [3.05, 3.63) is 35.4 Å². The first kappa shape index (κ1) is 15.7. The van der Waals surface area contributed by atoms with Gasteiger partial charge in [0.1, 0.15) is 6.04 Å². The van der Waals surface area contributed by atoms with Crippen LogP contribution in [0.3, 0.4) is 0 Å². The van der Waals surface area contributed by atoms with E-state index >= 15 is 0 Å². The summed E-state index contributed by atoms with van der Waals surface area (Å²) in [6.45, 7) is 8.06.